The van der Waals surface area contributed by atoms with E-state index in [0.29, 0.717) is 0 Å². The Morgan fingerprint density at radius 1 is 1.44 bits per heavy atom. The monoisotopic (exact) mass is 235 g/mol. The normalized spacial score (nSPS) is 11.9. The summed E-state index contributed by atoms with van der Waals surface area (Å²) >= 11 is 0. The van der Waals surface area contributed by atoms with Crippen LogP contribution in [0.1, 0.15) is 41.5 Å². The highest BCUT2D eigenvalue weighted by atomic mass is 19.4. The fourth-order valence-corrected chi connectivity index (χ4v) is 1.42. The Bertz CT molecular complexity index is 395. The predicted octanol–water partition coefficient (Wildman–Crippen LogP) is 1.91. The molecule has 16 heavy (non-hydrogen) atoms. The zero-order valence-corrected chi connectivity index (χ0v) is 9.07. The molecule has 1 heterocycles. The molecule has 0 radical (unpaired) electrons. The average molecular weight is 235 g/mol. The van der Waals surface area contributed by atoms with E-state index in [4.69, 9.17) is 0 Å². The number of carbonyl (C=O) groups excluding carboxylic acids is 1. The molecule has 0 bridgehead atoms. The second-order valence-electron chi connectivity index (χ2n) is 3.59. The summed E-state index contributed by atoms with van der Waals surface area (Å²) in [6.07, 6.45) is -4.53. The Labute approximate surface area is 90.2 Å². The first-order valence-corrected chi connectivity index (χ1v) is 4.66. The van der Waals surface area contributed by atoms with E-state index in [0.717, 1.165) is 0 Å². The Hall–Kier alpha value is -1.53. The molecular formula is C9H12F3N3O. The van der Waals surface area contributed by atoms with Crippen LogP contribution in [0.4, 0.5) is 13.2 Å². The molecule has 1 amide bonds. The van der Waals surface area contributed by atoms with Crippen molar-refractivity contribution in [2.75, 3.05) is 7.05 Å². The van der Waals surface area contributed by atoms with Gasteiger partial charge in [0.1, 0.15) is 5.69 Å². The van der Waals surface area contributed by atoms with Gasteiger partial charge in [-0.1, -0.05) is 13.8 Å². The number of hydrogen-bond acceptors (Lipinski definition) is 2. The Kier molecular flexibility index (Phi) is 3.25. The van der Waals surface area contributed by atoms with E-state index in [2.05, 4.69) is 10.4 Å². The van der Waals surface area contributed by atoms with Gasteiger partial charge < -0.3 is 5.32 Å². The van der Waals surface area contributed by atoms with Gasteiger partial charge in [0, 0.05) is 12.6 Å². The molecule has 0 fully saturated rings. The van der Waals surface area contributed by atoms with E-state index in [1.165, 1.54) is 7.05 Å². The number of halogens is 3. The highest BCUT2D eigenvalue weighted by Crippen LogP contribution is 2.35. The molecule has 1 aromatic rings. The Morgan fingerprint density at radius 3 is 2.38 bits per heavy atom. The number of aromatic amines is 1. The summed E-state index contributed by atoms with van der Waals surface area (Å²) < 4.78 is 37.8. The first kappa shape index (κ1) is 12.5. The molecule has 0 aliphatic rings. The molecule has 0 saturated heterocycles. The van der Waals surface area contributed by atoms with Crippen LogP contribution in [0.3, 0.4) is 0 Å². The highest BCUT2D eigenvalue weighted by Gasteiger charge is 2.38. The lowest BCUT2D eigenvalue weighted by atomic mass is 10.00. The molecule has 0 spiro atoms. The van der Waals surface area contributed by atoms with Gasteiger partial charge in [0.05, 0.1) is 0 Å². The molecule has 0 saturated carbocycles. The van der Waals surface area contributed by atoms with Gasteiger partial charge in [-0.2, -0.15) is 18.3 Å². The molecule has 2 N–H and O–H groups in total. The van der Waals surface area contributed by atoms with Crippen LogP contribution in [0.2, 0.25) is 0 Å². The van der Waals surface area contributed by atoms with Crippen molar-refractivity contribution >= 4 is 5.91 Å². The third-order valence-electron chi connectivity index (χ3n) is 2.11. The molecule has 0 aliphatic heterocycles. The maximum Gasteiger partial charge on any atom is 0.433 e. The van der Waals surface area contributed by atoms with E-state index < -0.39 is 23.7 Å². The van der Waals surface area contributed by atoms with Crippen LogP contribution in [0, 0.1) is 0 Å². The van der Waals surface area contributed by atoms with Gasteiger partial charge in [0.25, 0.3) is 5.91 Å². The van der Waals surface area contributed by atoms with E-state index >= 15 is 0 Å². The molecule has 1 aromatic heterocycles. The molecule has 0 atom stereocenters. The second kappa shape index (κ2) is 4.15. The largest absolute Gasteiger partial charge is 0.433 e. The van der Waals surface area contributed by atoms with Crippen molar-refractivity contribution in [2.45, 2.75) is 25.9 Å². The van der Waals surface area contributed by atoms with Crippen LogP contribution in [-0.4, -0.2) is 23.2 Å². The molecule has 0 aromatic carbocycles. The lowest BCUT2D eigenvalue weighted by Crippen LogP contribution is -2.20. The number of aromatic nitrogens is 2. The SMILES string of the molecule is CNC(=O)c1n[nH]c(C(F)(F)F)c1C(C)C. The summed E-state index contributed by atoms with van der Waals surface area (Å²) in [7, 11) is 1.34. The lowest BCUT2D eigenvalue weighted by Gasteiger charge is -2.10. The van der Waals surface area contributed by atoms with Crippen LogP contribution in [0.15, 0.2) is 0 Å². The minimum atomic E-state index is -4.53. The van der Waals surface area contributed by atoms with Crippen molar-refractivity contribution in [1.29, 1.82) is 0 Å². The maximum absolute atomic E-state index is 12.6. The lowest BCUT2D eigenvalue weighted by molar-refractivity contribution is -0.141. The van der Waals surface area contributed by atoms with Crippen LogP contribution in [0.5, 0.6) is 0 Å². The standard InChI is InChI=1S/C9H12F3N3O/c1-4(2)5-6(8(16)13-3)14-15-7(5)9(10,11)12/h4H,1-3H3,(H,13,16)(H,14,15). The minimum Gasteiger partial charge on any atom is -0.354 e. The van der Waals surface area contributed by atoms with Crippen molar-refractivity contribution in [3.05, 3.63) is 17.0 Å². The molecular weight excluding hydrogens is 223 g/mol. The minimum absolute atomic E-state index is 0.105. The smallest absolute Gasteiger partial charge is 0.354 e. The van der Waals surface area contributed by atoms with E-state index in [-0.39, 0.29) is 11.3 Å². The fourth-order valence-electron chi connectivity index (χ4n) is 1.42. The number of rotatable bonds is 2. The van der Waals surface area contributed by atoms with Crippen molar-refractivity contribution < 1.29 is 18.0 Å². The first-order valence-electron chi connectivity index (χ1n) is 4.66. The zero-order chi connectivity index (χ0) is 12.5. The fraction of sp³-hybridized carbons (Fsp3) is 0.556. The summed E-state index contributed by atoms with van der Waals surface area (Å²) in [6.45, 7) is 3.15. The molecule has 7 heteroatoms. The number of hydrogen-bond donors (Lipinski definition) is 2. The molecule has 90 valence electrons. The van der Waals surface area contributed by atoms with Gasteiger partial charge in [-0.3, -0.25) is 9.89 Å². The quantitative estimate of drug-likeness (QED) is 0.822. The summed E-state index contributed by atoms with van der Waals surface area (Å²) in [5.41, 5.74) is -1.27. The third-order valence-corrected chi connectivity index (χ3v) is 2.11. The van der Waals surface area contributed by atoms with Crippen molar-refractivity contribution in [2.24, 2.45) is 0 Å². The third kappa shape index (κ3) is 2.17. The number of H-pyrrole nitrogens is 1. The van der Waals surface area contributed by atoms with Gasteiger partial charge in [-0.25, -0.2) is 0 Å². The summed E-state index contributed by atoms with van der Waals surface area (Å²) in [6, 6.07) is 0. The Morgan fingerprint density at radius 2 is 2.00 bits per heavy atom. The summed E-state index contributed by atoms with van der Waals surface area (Å²) in [5.74, 6) is -1.07. The highest BCUT2D eigenvalue weighted by molar-refractivity contribution is 5.94. The van der Waals surface area contributed by atoms with Crippen LogP contribution < -0.4 is 5.32 Å². The van der Waals surface area contributed by atoms with Gasteiger partial charge >= 0.3 is 6.18 Å². The van der Waals surface area contributed by atoms with Crippen molar-refractivity contribution in [3.63, 3.8) is 0 Å². The summed E-state index contributed by atoms with van der Waals surface area (Å²) in [5, 5.41) is 7.55. The van der Waals surface area contributed by atoms with Crippen molar-refractivity contribution in [1.82, 2.24) is 15.5 Å². The van der Waals surface area contributed by atoms with E-state index in [1.807, 2.05) is 5.10 Å². The van der Waals surface area contributed by atoms with Gasteiger partial charge in [0.2, 0.25) is 0 Å². The molecule has 0 aliphatic carbocycles. The van der Waals surface area contributed by atoms with Gasteiger partial charge in [-0.15, -0.1) is 0 Å². The number of nitrogens with one attached hydrogen (secondary N) is 2. The number of alkyl halides is 3. The van der Waals surface area contributed by atoms with Crippen LogP contribution in [0.25, 0.3) is 0 Å². The molecule has 1 rings (SSSR count). The number of amides is 1. The zero-order valence-electron chi connectivity index (χ0n) is 9.07. The topological polar surface area (TPSA) is 57.8 Å². The van der Waals surface area contributed by atoms with Crippen LogP contribution in [-0.2, 0) is 6.18 Å². The van der Waals surface area contributed by atoms with Gasteiger partial charge in [-0.05, 0) is 5.92 Å². The second-order valence-corrected chi connectivity index (χ2v) is 3.59. The number of carbonyl (C=O) groups is 1. The van der Waals surface area contributed by atoms with E-state index in [9.17, 15) is 18.0 Å². The van der Waals surface area contributed by atoms with Gasteiger partial charge in [0.15, 0.2) is 5.69 Å². The summed E-state index contributed by atoms with van der Waals surface area (Å²) in [4.78, 5) is 11.3. The van der Waals surface area contributed by atoms with Crippen LogP contribution >= 0.6 is 0 Å². The first-order chi connectivity index (χ1) is 7.29. The maximum atomic E-state index is 12.6. The molecule has 0 unspecified atom stereocenters. The molecule has 4 nitrogen and oxygen atoms in total. The number of nitrogens with zero attached hydrogens (tertiary/aromatic N) is 1. The predicted molar refractivity (Wildman–Crippen MR) is 51.1 cm³/mol. The Balaban J connectivity index is 3.34. The van der Waals surface area contributed by atoms with E-state index in [1.54, 1.807) is 13.8 Å². The average Bonchev–Trinajstić information content (AvgIpc) is 2.59. The van der Waals surface area contributed by atoms with Crippen molar-refractivity contribution in [3.8, 4) is 0 Å².